The number of nitrogens with zero attached hydrogens (tertiary/aromatic N) is 1. The van der Waals surface area contributed by atoms with E-state index < -0.39 is 0 Å². The van der Waals surface area contributed by atoms with E-state index in [1.165, 1.54) is 12.8 Å². The first-order valence-electron chi connectivity index (χ1n) is 7.26. The lowest BCUT2D eigenvalue weighted by atomic mass is 9.83. The summed E-state index contributed by atoms with van der Waals surface area (Å²) < 4.78 is 0. The lowest BCUT2D eigenvalue weighted by molar-refractivity contribution is -0.122. The van der Waals surface area contributed by atoms with Crippen molar-refractivity contribution in [3.8, 4) is 0 Å². The maximum absolute atomic E-state index is 11.8. The highest BCUT2D eigenvalue weighted by molar-refractivity contribution is 5.76. The van der Waals surface area contributed by atoms with E-state index >= 15 is 0 Å². The number of hydrogen-bond acceptors (Lipinski definition) is 3. The van der Waals surface area contributed by atoms with E-state index in [-0.39, 0.29) is 11.9 Å². The SMILES string of the molecule is CN(C)CCCCNC(=O)CC1CCCCC1N. The summed E-state index contributed by atoms with van der Waals surface area (Å²) in [4.78, 5) is 13.9. The van der Waals surface area contributed by atoms with E-state index in [1.807, 2.05) is 0 Å². The minimum Gasteiger partial charge on any atom is -0.356 e. The summed E-state index contributed by atoms with van der Waals surface area (Å²) in [5.41, 5.74) is 6.05. The highest BCUT2D eigenvalue weighted by Crippen LogP contribution is 2.25. The van der Waals surface area contributed by atoms with E-state index in [9.17, 15) is 4.79 Å². The molecule has 0 heterocycles. The second-order valence-electron chi connectivity index (χ2n) is 5.77. The Balaban J connectivity index is 2.06. The molecule has 1 fully saturated rings. The summed E-state index contributed by atoms with van der Waals surface area (Å²) in [6, 6.07) is 0.234. The van der Waals surface area contributed by atoms with Gasteiger partial charge >= 0.3 is 0 Å². The molecule has 2 unspecified atom stereocenters. The molecule has 0 spiro atoms. The molecular weight excluding hydrogens is 226 g/mol. The molecule has 2 atom stereocenters. The zero-order valence-electron chi connectivity index (χ0n) is 12.0. The molecule has 1 saturated carbocycles. The second-order valence-corrected chi connectivity index (χ2v) is 5.77. The van der Waals surface area contributed by atoms with Gasteiger partial charge in [0.15, 0.2) is 0 Å². The van der Waals surface area contributed by atoms with Crippen molar-refractivity contribution in [1.82, 2.24) is 10.2 Å². The molecule has 0 aliphatic heterocycles. The van der Waals surface area contributed by atoms with Crippen LogP contribution in [-0.4, -0.2) is 44.0 Å². The van der Waals surface area contributed by atoms with Crippen molar-refractivity contribution in [2.75, 3.05) is 27.2 Å². The quantitative estimate of drug-likeness (QED) is 0.675. The van der Waals surface area contributed by atoms with Crippen molar-refractivity contribution < 1.29 is 4.79 Å². The highest BCUT2D eigenvalue weighted by Gasteiger charge is 2.23. The molecule has 18 heavy (non-hydrogen) atoms. The molecule has 3 N–H and O–H groups in total. The molecule has 0 radical (unpaired) electrons. The van der Waals surface area contributed by atoms with Crippen LogP contribution in [0.15, 0.2) is 0 Å². The summed E-state index contributed by atoms with van der Waals surface area (Å²) in [7, 11) is 4.14. The topological polar surface area (TPSA) is 58.4 Å². The molecular formula is C14H29N3O. The van der Waals surface area contributed by atoms with Gasteiger partial charge in [-0.1, -0.05) is 12.8 Å². The number of carbonyl (C=O) groups is 1. The normalized spacial score (nSPS) is 24.2. The Bertz CT molecular complexity index is 243. The zero-order chi connectivity index (χ0) is 13.4. The van der Waals surface area contributed by atoms with Crippen LogP contribution in [0.1, 0.15) is 44.9 Å². The van der Waals surface area contributed by atoms with Crippen molar-refractivity contribution in [3.63, 3.8) is 0 Å². The molecule has 0 aromatic rings. The number of hydrogen-bond donors (Lipinski definition) is 2. The zero-order valence-corrected chi connectivity index (χ0v) is 12.0. The van der Waals surface area contributed by atoms with E-state index in [0.29, 0.717) is 12.3 Å². The van der Waals surface area contributed by atoms with Gasteiger partial charge in [0.2, 0.25) is 5.91 Å². The molecule has 0 bridgehead atoms. The van der Waals surface area contributed by atoms with Crippen LogP contribution >= 0.6 is 0 Å². The van der Waals surface area contributed by atoms with Gasteiger partial charge < -0.3 is 16.0 Å². The maximum Gasteiger partial charge on any atom is 0.220 e. The Hall–Kier alpha value is -0.610. The number of rotatable bonds is 7. The van der Waals surface area contributed by atoms with Gasteiger partial charge in [0, 0.05) is 19.0 Å². The first kappa shape index (κ1) is 15.4. The first-order valence-corrected chi connectivity index (χ1v) is 7.26. The molecule has 1 amide bonds. The molecule has 1 aliphatic rings. The van der Waals surface area contributed by atoms with E-state index in [2.05, 4.69) is 24.3 Å². The Labute approximate surface area is 111 Å². The largest absolute Gasteiger partial charge is 0.356 e. The fraction of sp³-hybridized carbons (Fsp3) is 0.929. The Kier molecular flexibility index (Phi) is 7.28. The molecule has 4 heteroatoms. The first-order chi connectivity index (χ1) is 8.59. The third-order valence-corrected chi connectivity index (χ3v) is 3.77. The summed E-state index contributed by atoms with van der Waals surface area (Å²) in [5, 5.41) is 3.01. The minimum atomic E-state index is 0.183. The highest BCUT2D eigenvalue weighted by atomic mass is 16.1. The summed E-state index contributed by atoms with van der Waals surface area (Å²) in [6.45, 7) is 1.89. The number of unbranched alkanes of at least 4 members (excludes halogenated alkanes) is 1. The van der Waals surface area contributed by atoms with Gasteiger partial charge in [0.1, 0.15) is 0 Å². The Morgan fingerprint density at radius 2 is 2.00 bits per heavy atom. The average molecular weight is 255 g/mol. The standard InChI is InChI=1S/C14H29N3O/c1-17(2)10-6-5-9-16-14(18)11-12-7-3-4-8-13(12)15/h12-13H,3-11,15H2,1-2H3,(H,16,18). The van der Waals surface area contributed by atoms with Crippen molar-refractivity contribution in [2.45, 2.75) is 51.0 Å². The van der Waals surface area contributed by atoms with Crippen LogP contribution < -0.4 is 11.1 Å². The predicted octanol–water partition coefficient (Wildman–Crippen LogP) is 1.35. The van der Waals surface area contributed by atoms with Crippen molar-refractivity contribution >= 4 is 5.91 Å². The van der Waals surface area contributed by atoms with Crippen LogP contribution in [0.3, 0.4) is 0 Å². The lowest BCUT2D eigenvalue weighted by Gasteiger charge is -2.27. The van der Waals surface area contributed by atoms with Gasteiger partial charge in [-0.2, -0.15) is 0 Å². The molecule has 0 saturated heterocycles. The van der Waals surface area contributed by atoms with Crippen molar-refractivity contribution in [2.24, 2.45) is 11.7 Å². The van der Waals surface area contributed by atoms with Crippen molar-refractivity contribution in [1.29, 1.82) is 0 Å². The number of carbonyl (C=O) groups excluding carboxylic acids is 1. The summed E-state index contributed by atoms with van der Waals surface area (Å²) in [6.07, 6.45) is 7.47. The minimum absolute atomic E-state index is 0.183. The van der Waals surface area contributed by atoms with Crippen LogP contribution in [0.5, 0.6) is 0 Å². The van der Waals surface area contributed by atoms with Gasteiger partial charge in [-0.3, -0.25) is 4.79 Å². The smallest absolute Gasteiger partial charge is 0.220 e. The molecule has 1 aliphatic carbocycles. The van der Waals surface area contributed by atoms with E-state index in [4.69, 9.17) is 5.73 Å². The van der Waals surface area contributed by atoms with Crippen LogP contribution in [0, 0.1) is 5.92 Å². The number of amides is 1. The molecule has 106 valence electrons. The summed E-state index contributed by atoms with van der Waals surface area (Å²) >= 11 is 0. The van der Waals surface area contributed by atoms with E-state index in [1.54, 1.807) is 0 Å². The molecule has 1 rings (SSSR count). The van der Waals surface area contributed by atoms with Crippen molar-refractivity contribution in [3.05, 3.63) is 0 Å². The molecule has 0 aromatic carbocycles. The van der Waals surface area contributed by atoms with Crippen LogP contribution in [0.4, 0.5) is 0 Å². The average Bonchev–Trinajstić information content (AvgIpc) is 2.31. The van der Waals surface area contributed by atoms with Crippen LogP contribution in [0.2, 0.25) is 0 Å². The third-order valence-electron chi connectivity index (χ3n) is 3.77. The van der Waals surface area contributed by atoms with Gasteiger partial charge in [0.05, 0.1) is 0 Å². The van der Waals surface area contributed by atoms with Crippen LogP contribution in [-0.2, 0) is 4.79 Å². The lowest BCUT2D eigenvalue weighted by Crippen LogP contribution is -2.37. The number of nitrogens with two attached hydrogens (primary N) is 1. The van der Waals surface area contributed by atoms with Gasteiger partial charge in [-0.25, -0.2) is 0 Å². The second kappa shape index (κ2) is 8.48. The maximum atomic E-state index is 11.8. The Morgan fingerprint density at radius 1 is 1.28 bits per heavy atom. The fourth-order valence-electron chi connectivity index (χ4n) is 2.58. The van der Waals surface area contributed by atoms with Crippen LogP contribution in [0.25, 0.3) is 0 Å². The number of nitrogens with one attached hydrogen (secondary N) is 1. The van der Waals surface area contributed by atoms with Gasteiger partial charge in [0.25, 0.3) is 0 Å². The fourth-order valence-corrected chi connectivity index (χ4v) is 2.58. The molecule has 4 nitrogen and oxygen atoms in total. The van der Waals surface area contributed by atoms with Gasteiger partial charge in [-0.05, 0) is 52.2 Å². The monoisotopic (exact) mass is 255 g/mol. The third kappa shape index (κ3) is 6.36. The predicted molar refractivity (Wildman–Crippen MR) is 75.3 cm³/mol. The molecule has 0 aromatic heterocycles. The summed E-state index contributed by atoms with van der Waals surface area (Å²) in [5.74, 6) is 0.586. The Morgan fingerprint density at radius 3 is 2.67 bits per heavy atom. The van der Waals surface area contributed by atoms with Gasteiger partial charge in [-0.15, -0.1) is 0 Å². The van der Waals surface area contributed by atoms with E-state index in [0.717, 1.165) is 38.8 Å².